The molecule has 8 heteroatoms. The first kappa shape index (κ1) is 25.2. The van der Waals surface area contributed by atoms with Gasteiger partial charge in [0.1, 0.15) is 17.0 Å². The Hall–Kier alpha value is -3.09. The molecule has 1 saturated carbocycles. The lowest BCUT2D eigenvalue weighted by atomic mass is 9.59. The van der Waals surface area contributed by atoms with Gasteiger partial charge in [-0.25, -0.2) is 4.39 Å². The van der Waals surface area contributed by atoms with E-state index in [9.17, 15) is 14.0 Å². The predicted octanol–water partition coefficient (Wildman–Crippen LogP) is 7.08. The van der Waals surface area contributed by atoms with E-state index in [2.05, 4.69) is 10.6 Å². The molecule has 0 aromatic heterocycles. The van der Waals surface area contributed by atoms with Crippen LogP contribution in [0.2, 0.25) is 10.0 Å². The molecule has 38 heavy (non-hydrogen) atoms. The van der Waals surface area contributed by atoms with Crippen molar-refractivity contribution in [2.75, 3.05) is 5.32 Å². The number of halogens is 3. The van der Waals surface area contributed by atoms with Gasteiger partial charge in [0.2, 0.25) is 11.8 Å². The van der Waals surface area contributed by atoms with Gasteiger partial charge in [-0.3, -0.25) is 9.59 Å². The Labute approximate surface area is 230 Å². The molecule has 2 aliphatic heterocycles. The summed E-state index contributed by atoms with van der Waals surface area (Å²) < 4.78 is 20.8. The van der Waals surface area contributed by atoms with E-state index in [0.717, 1.165) is 31.2 Å². The monoisotopic (exact) mass is 552 g/mol. The fourth-order valence-corrected chi connectivity index (χ4v) is 6.86. The van der Waals surface area contributed by atoms with Crippen molar-refractivity contribution in [3.63, 3.8) is 0 Å². The van der Waals surface area contributed by atoms with Crippen molar-refractivity contribution in [2.45, 2.75) is 62.0 Å². The van der Waals surface area contributed by atoms with Crippen molar-refractivity contribution in [3.8, 4) is 5.75 Å². The molecule has 2 fully saturated rings. The summed E-state index contributed by atoms with van der Waals surface area (Å²) in [6, 6.07) is 16.0. The average Bonchev–Trinajstić information content (AvgIpc) is 3.18. The van der Waals surface area contributed by atoms with Crippen LogP contribution in [0.25, 0.3) is 0 Å². The number of carbonyl (C=O) groups is 2. The van der Waals surface area contributed by atoms with Gasteiger partial charge in [0, 0.05) is 33.6 Å². The molecule has 3 aromatic carbocycles. The normalized spacial score (nSPS) is 25.1. The summed E-state index contributed by atoms with van der Waals surface area (Å²) in [7, 11) is 0. The number of piperidine rings is 1. The van der Waals surface area contributed by atoms with E-state index in [-0.39, 0.29) is 24.3 Å². The van der Waals surface area contributed by atoms with Gasteiger partial charge in [-0.05, 0) is 79.3 Å². The molecule has 2 N–H and O–H groups in total. The van der Waals surface area contributed by atoms with Crippen molar-refractivity contribution in [2.24, 2.45) is 0 Å². The van der Waals surface area contributed by atoms with E-state index >= 15 is 0 Å². The van der Waals surface area contributed by atoms with Gasteiger partial charge >= 0.3 is 0 Å². The van der Waals surface area contributed by atoms with Crippen molar-refractivity contribution in [1.82, 2.24) is 5.32 Å². The lowest BCUT2D eigenvalue weighted by Crippen LogP contribution is -2.57. The van der Waals surface area contributed by atoms with Crippen LogP contribution < -0.4 is 15.4 Å². The third-order valence-electron chi connectivity index (χ3n) is 8.13. The Balaban J connectivity index is 1.57. The van der Waals surface area contributed by atoms with Crippen molar-refractivity contribution in [3.05, 3.63) is 93.2 Å². The summed E-state index contributed by atoms with van der Waals surface area (Å²) >= 11 is 12.9. The largest absolute Gasteiger partial charge is 0.490 e. The Morgan fingerprint density at radius 3 is 2.50 bits per heavy atom. The third-order valence-corrected chi connectivity index (χ3v) is 8.60. The lowest BCUT2D eigenvalue weighted by Gasteiger charge is -2.46. The maximum absolute atomic E-state index is 14.3. The minimum atomic E-state index is -1.29. The summed E-state index contributed by atoms with van der Waals surface area (Å²) in [6.07, 6.45) is 5.35. The molecule has 3 aromatic rings. The van der Waals surface area contributed by atoms with Gasteiger partial charge in [0.05, 0.1) is 12.1 Å². The number of carbonyl (C=O) groups excluding carboxylic acids is 2. The van der Waals surface area contributed by atoms with E-state index in [1.807, 2.05) is 18.2 Å². The van der Waals surface area contributed by atoms with Crippen LogP contribution in [0.1, 0.15) is 67.2 Å². The molecule has 1 spiro atoms. The average molecular weight is 553 g/mol. The zero-order chi connectivity index (χ0) is 26.4. The summed E-state index contributed by atoms with van der Waals surface area (Å²) in [5, 5.41) is 6.97. The smallest absolute Gasteiger partial charge is 0.238 e. The number of hydrogen-bond acceptors (Lipinski definition) is 3. The second kappa shape index (κ2) is 9.90. The SMILES string of the molecule is O=C1C[C@@H](c2cccc(Cl)c2)[C@]2(C(=O)Nc3cc(F)ccc32)[C@@H](c2cc(Cl)ccc2OC2CCCCC2)N1. The van der Waals surface area contributed by atoms with Crippen LogP contribution in [0.15, 0.2) is 60.7 Å². The fourth-order valence-electron chi connectivity index (χ4n) is 6.48. The second-order valence-corrected chi connectivity index (χ2v) is 11.3. The first-order valence-electron chi connectivity index (χ1n) is 13.0. The molecular weight excluding hydrogens is 526 g/mol. The van der Waals surface area contributed by atoms with Crippen LogP contribution in [0.5, 0.6) is 5.75 Å². The standard InChI is InChI=1S/C30H27Cl2FN2O3/c31-18-6-4-5-17(13-18)24-16-27(36)35-28(30(24)23-11-10-20(33)15-25(23)34-29(30)37)22-14-19(32)9-12-26(22)38-21-7-2-1-3-8-21/h4-6,9-15,21,24,28H,1-3,7-8,16H2,(H,34,37)(H,35,36)/t24-,28+,30-/m0/s1. The Kier molecular flexibility index (Phi) is 6.57. The molecule has 0 radical (unpaired) electrons. The van der Waals surface area contributed by atoms with E-state index in [1.165, 1.54) is 18.6 Å². The number of nitrogens with one attached hydrogen (secondary N) is 2. The molecule has 6 rings (SSSR count). The summed E-state index contributed by atoms with van der Waals surface area (Å²) in [4.78, 5) is 27.5. The van der Waals surface area contributed by atoms with E-state index in [0.29, 0.717) is 32.6 Å². The van der Waals surface area contributed by atoms with Crippen LogP contribution in [-0.2, 0) is 15.0 Å². The number of rotatable bonds is 4. The molecular formula is C30H27Cl2FN2O3. The number of anilines is 1. The van der Waals surface area contributed by atoms with E-state index in [1.54, 1.807) is 30.3 Å². The first-order chi connectivity index (χ1) is 18.4. The summed E-state index contributed by atoms with van der Waals surface area (Å²) in [5.41, 5.74) is 1.08. The Bertz CT molecular complexity index is 1420. The second-order valence-electron chi connectivity index (χ2n) is 10.4. The van der Waals surface area contributed by atoms with Gasteiger partial charge in [-0.2, -0.15) is 0 Å². The Morgan fingerprint density at radius 2 is 1.71 bits per heavy atom. The van der Waals surface area contributed by atoms with Crippen LogP contribution in [-0.4, -0.2) is 17.9 Å². The zero-order valence-electron chi connectivity index (χ0n) is 20.6. The van der Waals surface area contributed by atoms with Gasteiger partial charge in [0.15, 0.2) is 0 Å². The summed E-state index contributed by atoms with van der Waals surface area (Å²) in [6.45, 7) is 0. The Morgan fingerprint density at radius 1 is 0.921 bits per heavy atom. The topological polar surface area (TPSA) is 67.4 Å². The maximum atomic E-state index is 14.3. The number of hydrogen-bond donors (Lipinski definition) is 2. The van der Waals surface area contributed by atoms with Crippen molar-refractivity contribution >= 4 is 40.7 Å². The third kappa shape index (κ3) is 4.24. The molecule has 2 heterocycles. The first-order valence-corrected chi connectivity index (χ1v) is 13.7. The fraction of sp³-hybridized carbons (Fsp3) is 0.333. The van der Waals surface area contributed by atoms with E-state index in [4.69, 9.17) is 27.9 Å². The van der Waals surface area contributed by atoms with Gasteiger partial charge in [0.25, 0.3) is 0 Å². The number of benzene rings is 3. The molecule has 0 bridgehead atoms. The van der Waals surface area contributed by atoms with Gasteiger partial charge in [-0.15, -0.1) is 0 Å². The van der Waals surface area contributed by atoms with Gasteiger partial charge < -0.3 is 15.4 Å². The minimum Gasteiger partial charge on any atom is -0.490 e. The predicted molar refractivity (Wildman–Crippen MR) is 145 cm³/mol. The highest BCUT2D eigenvalue weighted by Crippen LogP contribution is 2.58. The van der Waals surface area contributed by atoms with Crippen LogP contribution in [0.4, 0.5) is 10.1 Å². The molecule has 0 unspecified atom stereocenters. The molecule has 5 nitrogen and oxygen atoms in total. The highest BCUT2D eigenvalue weighted by Gasteiger charge is 2.61. The molecule has 1 aliphatic carbocycles. The minimum absolute atomic E-state index is 0.0430. The van der Waals surface area contributed by atoms with Crippen LogP contribution in [0.3, 0.4) is 0 Å². The number of fused-ring (bicyclic) bond motifs is 2. The highest BCUT2D eigenvalue weighted by atomic mass is 35.5. The molecule has 3 aliphatic rings. The summed E-state index contributed by atoms with van der Waals surface area (Å²) in [5.74, 6) is -0.982. The highest BCUT2D eigenvalue weighted by molar-refractivity contribution is 6.31. The molecule has 1 saturated heterocycles. The number of ether oxygens (including phenoxy) is 1. The number of amides is 2. The van der Waals surface area contributed by atoms with Gasteiger partial charge in [-0.1, -0.05) is 47.8 Å². The van der Waals surface area contributed by atoms with Crippen LogP contribution >= 0.6 is 23.2 Å². The van der Waals surface area contributed by atoms with Crippen LogP contribution in [0, 0.1) is 5.82 Å². The lowest BCUT2D eigenvalue weighted by molar-refractivity contribution is -0.131. The quantitative estimate of drug-likeness (QED) is 0.363. The zero-order valence-corrected chi connectivity index (χ0v) is 22.1. The van der Waals surface area contributed by atoms with E-state index < -0.39 is 23.2 Å². The maximum Gasteiger partial charge on any atom is 0.238 e. The van der Waals surface area contributed by atoms with Crippen molar-refractivity contribution in [1.29, 1.82) is 0 Å². The molecule has 196 valence electrons. The molecule has 3 atom stereocenters. The van der Waals surface area contributed by atoms with Crippen molar-refractivity contribution < 1.29 is 18.7 Å². The molecule has 2 amide bonds.